The van der Waals surface area contributed by atoms with E-state index in [0.29, 0.717) is 16.3 Å². The highest BCUT2D eigenvalue weighted by Crippen LogP contribution is 2.19. The van der Waals surface area contributed by atoms with Crippen LogP contribution in [0.5, 0.6) is 0 Å². The summed E-state index contributed by atoms with van der Waals surface area (Å²) in [7, 11) is 4.13. The zero-order chi connectivity index (χ0) is 14.6. The number of benzene rings is 1. The van der Waals surface area contributed by atoms with Gasteiger partial charge in [-0.3, -0.25) is 0 Å². The second-order valence-electron chi connectivity index (χ2n) is 5.24. The van der Waals surface area contributed by atoms with Gasteiger partial charge in [0.25, 0.3) is 0 Å². The largest absolute Gasteiger partial charge is 0.313 e. The molecule has 1 aromatic carbocycles. The second-order valence-corrected chi connectivity index (χ2v) is 7.24. The number of hydrogen-bond acceptors (Lipinski definition) is 3. The van der Waals surface area contributed by atoms with E-state index in [1.165, 1.54) is 0 Å². The summed E-state index contributed by atoms with van der Waals surface area (Å²) in [5.74, 6) is 0. The van der Waals surface area contributed by atoms with Crippen LogP contribution >= 0.6 is 0 Å². The lowest BCUT2D eigenvalue weighted by Gasteiger charge is -2.14. The summed E-state index contributed by atoms with van der Waals surface area (Å²) in [5, 5.41) is 0. The lowest BCUT2D eigenvalue weighted by atomic mass is 10.2. The van der Waals surface area contributed by atoms with Gasteiger partial charge in [-0.05, 0) is 33.2 Å². The fourth-order valence-electron chi connectivity index (χ4n) is 1.71. The molecule has 0 aliphatic carbocycles. The van der Waals surface area contributed by atoms with Gasteiger partial charge in [-0.25, -0.2) is 8.42 Å². The number of sulfone groups is 1. The van der Waals surface area contributed by atoms with Crippen molar-refractivity contribution in [3.8, 4) is 0 Å². The van der Waals surface area contributed by atoms with Crippen molar-refractivity contribution in [2.75, 3.05) is 34.7 Å². The summed E-state index contributed by atoms with van der Waals surface area (Å²) in [4.78, 5) is 3.63. The van der Waals surface area contributed by atoms with Gasteiger partial charge in [-0.2, -0.15) is 0 Å². The second kappa shape index (κ2) is 6.32. The number of aryl methyl sites for hydroxylation is 1. The number of rotatable bonds is 5. The van der Waals surface area contributed by atoms with Gasteiger partial charge in [0, 0.05) is 6.54 Å². The van der Waals surface area contributed by atoms with Crippen LogP contribution < -0.4 is 4.90 Å². The molecule has 0 saturated heterocycles. The molecule has 1 aromatic rings. The molecule has 19 heavy (non-hydrogen) atoms. The van der Waals surface area contributed by atoms with Crippen molar-refractivity contribution in [1.29, 1.82) is 0 Å². The molecule has 0 saturated carbocycles. The fraction of sp³-hybridized carbons (Fsp3) is 0.429. The number of hydrogen-bond donors (Lipinski definition) is 1. The monoisotopic (exact) mass is 283 g/mol. The Hall–Kier alpha value is -1.17. The molecule has 0 unspecified atom stereocenters. The van der Waals surface area contributed by atoms with E-state index in [9.17, 15) is 8.42 Å². The van der Waals surface area contributed by atoms with Crippen molar-refractivity contribution in [2.45, 2.75) is 11.8 Å². The predicted octanol–water partition coefficient (Wildman–Crippen LogP) is 0.316. The number of nitrogens with zero attached hydrogens (tertiary/aromatic N) is 1. The van der Waals surface area contributed by atoms with E-state index in [2.05, 4.69) is 0 Å². The Morgan fingerprint density at radius 2 is 1.74 bits per heavy atom. The van der Waals surface area contributed by atoms with E-state index in [1.54, 1.807) is 18.3 Å². The first-order valence-corrected chi connectivity index (χ1v) is 7.69. The van der Waals surface area contributed by atoms with Gasteiger partial charge in [0.2, 0.25) is 9.84 Å². The highest BCUT2D eigenvalue weighted by Gasteiger charge is 2.23. The summed E-state index contributed by atoms with van der Waals surface area (Å²) < 4.78 is 25.2. The van der Waals surface area contributed by atoms with Crippen LogP contribution in [0, 0.1) is 6.92 Å². The predicted molar refractivity (Wildman–Crippen MR) is 77.8 cm³/mol. The number of quaternary nitrogens is 1. The standard InChI is InChI=1S/C14H22N2O2S/c1-12-6-8-13(9-7-12)19(17,18)14(10-15(2)3)11-16(4)5/h6-10H,11H2,1-5H3/p+1/b14-10-. The molecule has 1 N–H and O–H groups in total. The lowest BCUT2D eigenvalue weighted by molar-refractivity contribution is -0.801. The van der Waals surface area contributed by atoms with Gasteiger partial charge >= 0.3 is 0 Å². The topological polar surface area (TPSA) is 41.8 Å². The van der Waals surface area contributed by atoms with E-state index < -0.39 is 9.84 Å². The molecule has 0 amide bonds. The number of nitrogens with one attached hydrogen (secondary N) is 1. The minimum atomic E-state index is -3.41. The zero-order valence-electron chi connectivity index (χ0n) is 12.3. The maximum absolute atomic E-state index is 12.6. The first kappa shape index (κ1) is 15.9. The number of likely N-dealkylation sites (N-methyl/N-ethyl adjacent to an activating group) is 1. The lowest BCUT2D eigenvalue weighted by Crippen LogP contribution is -3.00. The summed E-state index contributed by atoms with van der Waals surface area (Å²) in [6.07, 6.45) is 1.75. The zero-order valence-corrected chi connectivity index (χ0v) is 13.1. The molecule has 0 aliphatic rings. The molecule has 0 bridgehead atoms. The third-order valence-corrected chi connectivity index (χ3v) is 4.43. The molecule has 106 valence electrons. The molecule has 0 aliphatic heterocycles. The Morgan fingerprint density at radius 3 is 2.16 bits per heavy atom. The first-order valence-electron chi connectivity index (χ1n) is 6.20. The van der Waals surface area contributed by atoms with Crippen LogP contribution in [0.15, 0.2) is 40.3 Å². The van der Waals surface area contributed by atoms with Crippen LogP contribution in [0.25, 0.3) is 0 Å². The first-order chi connectivity index (χ1) is 8.73. The summed E-state index contributed by atoms with van der Waals surface area (Å²) in [6.45, 7) is 2.35. The molecule has 0 fully saturated rings. The molecule has 5 heteroatoms. The van der Waals surface area contributed by atoms with Gasteiger partial charge in [0.15, 0.2) is 0 Å². The van der Waals surface area contributed by atoms with Crippen LogP contribution in [0.1, 0.15) is 5.56 Å². The van der Waals surface area contributed by atoms with Crippen LogP contribution in [-0.2, 0) is 9.84 Å². The van der Waals surface area contributed by atoms with Gasteiger partial charge in [0.1, 0.15) is 11.1 Å². The van der Waals surface area contributed by atoms with Crippen LogP contribution in [0.4, 0.5) is 0 Å². The van der Waals surface area contributed by atoms with Gasteiger partial charge in [-0.1, -0.05) is 17.7 Å². The summed E-state index contributed by atoms with van der Waals surface area (Å²) in [5.41, 5.74) is 1.05. The highest BCUT2D eigenvalue weighted by atomic mass is 32.2. The van der Waals surface area contributed by atoms with Crippen LogP contribution in [-0.4, -0.2) is 48.1 Å². The quantitative estimate of drug-likeness (QED) is 0.846. The van der Waals surface area contributed by atoms with Crippen molar-refractivity contribution < 1.29 is 13.3 Å². The summed E-state index contributed by atoms with van der Waals surface area (Å²) in [6, 6.07) is 6.98. The average Bonchev–Trinajstić information content (AvgIpc) is 2.27. The van der Waals surface area contributed by atoms with Crippen molar-refractivity contribution in [1.82, 2.24) is 4.90 Å². The Labute approximate surface area is 116 Å². The van der Waals surface area contributed by atoms with E-state index in [0.717, 1.165) is 10.5 Å². The van der Waals surface area contributed by atoms with E-state index in [1.807, 2.05) is 52.1 Å². The highest BCUT2D eigenvalue weighted by molar-refractivity contribution is 7.95. The van der Waals surface area contributed by atoms with Crippen molar-refractivity contribution in [2.24, 2.45) is 0 Å². The van der Waals surface area contributed by atoms with E-state index in [4.69, 9.17) is 0 Å². The molecule has 0 atom stereocenters. The third-order valence-electron chi connectivity index (χ3n) is 2.60. The minimum Gasteiger partial charge on any atom is -0.313 e. The molecule has 0 heterocycles. The van der Waals surface area contributed by atoms with Gasteiger partial charge < -0.3 is 9.80 Å². The average molecular weight is 283 g/mol. The molecule has 0 spiro atoms. The summed E-state index contributed by atoms with van der Waals surface area (Å²) >= 11 is 0. The third kappa shape index (κ3) is 4.45. The van der Waals surface area contributed by atoms with Crippen molar-refractivity contribution in [3.63, 3.8) is 0 Å². The minimum absolute atomic E-state index is 0.354. The SMILES string of the molecule is Cc1ccc(S(=O)(=O)/C(=C\[NH+](C)C)CN(C)C)cc1. The molecular weight excluding hydrogens is 260 g/mol. The normalized spacial score (nSPS) is 13.3. The Kier molecular flexibility index (Phi) is 5.29. The maximum atomic E-state index is 12.6. The van der Waals surface area contributed by atoms with E-state index in [-0.39, 0.29) is 0 Å². The van der Waals surface area contributed by atoms with Crippen molar-refractivity contribution in [3.05, 3.63) is 40.9 Å². The fourth-order valence-corrected chi connectivity index (χ4v) is 3.33. The Balaban J connectivity index is 3.23. The molecule has 1 rings (SSSR count). The van der Waals surface area contributed by atoms with Crippen LogP contribution in [0.3, 0.4) is 0 Å². The van der Waals surface area contributed by atoms with Crippen LogP contribution in [0.2, 0.25) is 0 Å². The van der Waals surface area contributed by atoms with E-state index >= 15 is 0 Å². The molecular formula is C14H23N2O2S+. The van der Waals surface area contributed by atoms with Crippen molar-refractivity contribution >= 4 is 9.84 Å². The molecule has 0 radical (unpaired) electrons. The van der Waals surface area contributed by atoms with Gasteiger partial charge in [0.05, 0.1) is 19.0 Å². The molecule has 4 nitrogen and oxygen atoms in total. The Morgan fingerprint density at radius 1 is 1.21 bits per heavy atom. The maximum Gasteiger partial charge on any atom is 0.209 e. The van der Waals surface area contributed by atoms with Gasteiger partial charge in [-0.15, -0.1) is 0 Å². The molecule has 0 aromatic heterocycles. The Bertz CT molecular complexity index is 543. The smallest absolute Gasteiger partial charge is 0.209 e.